The van der Waals surface area contributed by atoms with E-state index >= 15 is 0 Å². The van der Waals surface area contributed by atoms with Crippen LogP contribution in [0.3, 0.4) is 0 Å². The van der Waals surface area contributed by atoms with E-state index in [4.69, 9.17) is 21.6 Å². The molecule has 0 aliphatic rings. The van der Waals surface area contributed by atoms with Gasteiger partial charge in [0.2, 0.25) is 5.82 Å². The third kappa shape index (κ3) is 3.03. The van der Waals surface area contributed by atoms with Crippen molar-refractivity contribution in [1.82, 2.24) is 0 Å². The van der Waals surface area contributed by atoms with E-state index in [1.165, 1.54) is 24.3 Å². The summed E-state index contributed by atoms with van der Waals surface area (Å²) in [7, 11) is 0. The minimum atomic E-state index is -1.11. The maximum atomic E-state index is 13.5. The summed E-state index contributed by atoms with van der Waals surface area (Å²) in [4.78, 5) is 0. The molecule has 6 heteroatoms. The lowest BCUT2D eigenvalue weighted by Crippen LogP contribution is -1.93. The largest absolute Gasteiger partial charge is 0.453 e. The molecule has 2 rings (SSSR count). The molecule has 0 heterocycles. The van der Waals surface area contributed by atoms with Gasteiger partial charge in [-0.1, -0.05) is 27.5 Å². The van der Waals surface area contributed by atoms with Gasteiger partial charge in [-0.3, -0.25) is 0 Å². The lowest BCUT2D eigenvalue weighted by molar-refractivity contribution is 0.415. The SMILES string of the molecule is N#Cc1ccc(Oc2cc(Br)cc(F)c2F)c(Cl)c1. The van der Waals surface area contributed by atoms with Gasteiger partial charge in [0.1, 0.15) is 5.75 Å². The number of halogens is 4. The Balaban J connectivity index is 2.39. The smallest absolute Gasteiger partial charge is 0.201 e. The molecule has 0 N–H and O–H groups in total. The summed E-state index contributed by atoms with van der Waals surface area (Å²) < 4.78 is 32.3. The molecule has 2 aromatic rings. The van der Waals surface area contributed by atoms with Gasteiger partial charge in [-0.05, 0) is 30.3 Å². The van der Waals surface area contributed by atoms with Gasteiger partial charge in [-0.25, -0.2) is 4.39 Å². The predicted molar refractivity (Wildman–Crippen MR) is 70.3 cm³/mol. The zero-order valence-corrected chi connectivity index (χ0v) is 11.6. The van der Waals surface area contributed by atoms with Crippen LogP contribution >= 0.6 is 27.5 Å². The quantitative estimate of drug-likeness (QED) is 0.715. The molecular formula is C13H5BrClF2NO. The number of benzene rings is 2. The van der Waals surface area contributed by atoms with Gasteiger partial charge in [0.25, 0.3) is 0 Å². The fraction of sp³-hybridized carbons (Fsp3) is 0. The third-order valence-corrected chi connectivity index (χ3v) is 2.99. The van der Waals surface area contributed by atoms with Crippen molar-refractivity contribution in [2.45, 2.75) is 0 Å². The number of ether oxygens (including phenoxy) is 1. The first-order chi connectivity index (χ1) is 9.01. The second kappa shape index (κ2) is 5.55. The first-order valence-electron chi connectivity index (χ1n) is 5.03. The normalized spacial score (nSPS) is 10.1. The second-order valence-corrected chi connectivity index (χ2v) is 4.88. The molecule has 0 fully saturated rings. The fourth-order valence-corrected chi connectivity index (χ4v) is 2.01. The van der Waals surface area contributed by atoms with Crippen LogP contribution in [0.2, 0.25) is 5.02 Å². The number of rotatable bonds is 2. The topological polar surface area (TPSA) is 33.0 Å². The highest BCUT2D eigenvalue weighted by Gasteiger charge is 2.13. The molecule has 0 amide bonds. The molecule has 96 valence electrons. The minimum Gasteiger partial charge on any atom is -0.453 e. The zero-order valence-electron chi connectivity index (χ0n) is 9.25. The molecule has 0 atom stereocenters. The first kappa shape index (κ1) is 13.8. The Hall–Kier alpha value is -1.64. The minimum absolute atomic E-state index is 0.136. The van der Waals surface area contributed by atoms with Gasteiger partial charge in [0.05, 0.1) is 16.7 Å². The molecule has 0 bridgehead atoms. The average molecular weight is 345 g/mol. The van der Waals surface area contributed by atoms with Crippen LogP contribution in [0, 0.1) is 23.0 Å². The summed E-state index contributed by atoms with van der Waals surface area (Å²) in [6.07, 6.45) is 0. The van der Waals surface area contributed by atoms with Crippen LogP contribution in [-0.4, -0.2) is 0 Å². The van der Waals surface area contributed by atoms with Crippen molar-refractivity contribution in [2.75, 3.05) is 0 Å². The number of nitriles is 1. The molecule has 0 unspecified atom stereocenters. The maximum Gasteiger partial charge on any atom is 0.201 e. The van der Waals surface area contributed by atoms with E-state index in [-0.39, 0.29) is 16.5 Å². The Morgan fingerprint density at radius 3 is 2.53 bits per heavy atom. The summed E-state index contributed by atoms with van der Waals surface area (Å²) in [6.45, 7) is 0. The monoisotopic (exact) mass is 343 g/mol. The molecular weight excluding hydrogens is 340 g/mol. The van der Waals surface area contributed by atoms with Gasteiger partial charge >= 0.3 is 0 Å². The predicted octanol–water partition coefficient (Wildman–Crippen LogP) is 5.04. The van der Waals surface area contributed by atoms with Gasteiger partial charge in [-0.15, -0.1) is 0 Å². The van der Waals surface area contributed by atoms with E-state index in [1.54, 1.807) is 0 Å². The van der Waals surface area contributed by atoms with Gasteiger partial charge < -0.3 is 4.74 Å². The molecule has 0 spiro atoms. The summed E-state index contributed by atoms with van der Waals surface area (Å²) in [6, 6.07) is 8.44. The molecule has 19 heavy (non-hydrogen) atoms. The summed E-state index contributed by atoms with van der Waals surface area (Å²) in [5, 5.41) is 8.83. The Morgan fingerprint density at radius 1 is 1.16 bits per heavy atom. The standard InChI is InChI=1S/C13H5BrClF2NO/c14-8-4-10(16)13(17)12(5-8)19-11-2-1-7(6-18)3-9(11)15/h1-5H. The van der Waals surface area contributed by atoms with Crippen molar-refractivity contribution in [1.29, 1.82) is 5.26 Å². The Kier molecular flexibility index (Phi) is 4.03. The highest BCUT2D eigenvalue weighted by atomic mass is 79.9. The van der Waals surface area contributed by atoms with E-state index in [0.717, 1.165) is 6.07 Å². The van der Waals surface area contributed by atoms with E-state index in [0.29, 0.717) is 10.0 Å². The van der Waals surface area contributed by atoms with Crippen molar-refractivity contribution >= 4 is 27.5 Å². The Morgan fingerprint density at radius 2 is 1.89 bits per heavy atom. The summed E-state index contributed by atoms with van der Waals surface area (Å²) >= 11 is 8.93. The van der Waals surface area contributed by atoms with E-state index < -0.39 is 11.6 Å². The van der Waals surface area contributed by atoms with E-state index in [1.807, 2.05) is 6.07 Å². The van der Waals surface area contributed by atoms with Crippen molar-refractivity contribution in [3.05, 3.63) is 57.0 Å². The molecule has 0 aliphatic heterocycles. The van der Waals surface area contributed by atoms with Gasteiger partial charge in [0.15, 0.2) is 11.6 Å². The summed E-state index contributed by atoms with van der Waals surface area (Å²) in [5.74, 6) is -2.30. The van der Waals surface area contributed by atoms with Crippen LogP contribution in [0.5, 0.6) is 11.5 Å². The average Bonchev–Trinajstić information content (AvgIpc) is 2.37. The third-order valence-electron chi connectivity index (χ3n) is 2.24. The number of hydrogen-bond acceptors (Lipinski definition) is 2. The molecule has 2 aromatic carbocycles. The second-order valence-electron chi connectivity index (χ2n) is 3.56. The van der Waals surface area contributed by atoms with Gasteiger partial charge in [0, 0.05) is 4.47 Å². The Labute approximate surface area is 121 Å². The van der Waals surface area contributed by atoms with Gasteiger partial charge in [-0.2, -0.15) is 9.65 Å². The van der Waals surface area contributed by atoms with Crippen LogP contribution < -0.4 is 4.74 Å². The highest BCUT2D eigenvalue weighted by Crippen LogP contribution is 2.33. The first-order valence-corrected chi connectivity index (χ1v) is 6.20. The summed E-state index contributed by atoms with van der Waals surface area (Å²) in [5.41, 5.74) is 0.346. The maximum absolute atomic E-state index is 13.5. The van der Waals surface area contributed by atoms with E-state index in [9.17, 15) is 8.78 Å². The highest BCUT2D eigenvalue weighted by molar-refractivity contribution is 9.10. The molecule has 0 saturated heterocycles. The molecule has 0 radical (unpaired) electrons. The van der Waals surface area contributed by atoms with Crippen molar-refractivity contribution in [3.8, 4) is 17.6 Å². The number of nitrogens with zero attached hydrogens (tertiary/aromatic N) is 1. The van der Waals surface area contributed by atoms with Crippen LogP contribution in [0.4, 0.5) is 8.78 Å². The van der Waals surface area contributed by atoms with Crippen LogP contribution in [0.25, 0.3) is 0 Å². The van der Waals surface area contributed by atoms with Crippen molar-refractivity contribution in [2.24, 2.45) is 0 Å². The fourth-order valence-electron chi connectivity index (χ4n) is 1.38. The molecule has 2 nitrogen and oxygen atoms in total. The van der Waals surface area contributed by atoms with Crippen molar-refractivity contribution in [3.63, 3.8) is 0 Å². The molecule has 0 aliphatic carbocycles. The number of hydrogen-bond donors (Lipinski definition) is 0. The van der Waals surface area contributed by atoms with Crippen LogP contribution in [0.1, 0.15) is 5.56 Å². The van der Waals surface area contributed by atoms with Crippen molar-refractivity contribution < 1.29 is 13.5 Å². The van der Waals surface area contributed by atoms with E-state index in [2.05, 4.69) is 15.9 Å². The zero-order chi connectivity index (χ0) is 14.0. The Bertz CT molecular complexity index is 685. The lowest BCUT2D eigenvalue weighted by atomic mass is 10.2. The molecule has 0 aromatic heterocycles. The van der Waals surface area contributed by atoms with Crippen LogP contribution in [-0.2, 0) is 0 Å². The molecule has 0 saturated carbocycles. The van der Waals surface area contributed by atoms with Crippen LogP contribution in [0.15, 0.2) is 34.8 Å². The lowest BCUT2D eigenvalue weighted by Gasteiger charge is -2.09.